The first-order valence-electron chi connectivity index (χ1n) is 8.88. The van der Waals surface area contributed by atoms with Crippen molar-refractivity contribution in [2.24, 2.45) is 22.7 Å². The van der Waals surface area contributed by atoms with Crippen LogP contribution < -0.4 is 0 Å². The van der Waals surface area contributed by atoms with Gasteiger partial charge in [-0.1, -0.05) is 41.0 Å². The fraction of sp³-hybridized carbons (Fsp3) is 0.700. The van der Waals surface area contributed by atoms with Crippen LogP contribution >= 0.6 is 0 Å². The molecule has 1 N–H and O–H groups in total. The minimum absolute atomic E-state index is 0.0112. The number of ketones is 2. The summed E-state index contributed by atoms with van der Waals surface area (Å²) in [5, 5.41) is 10.9. The van der Waals surface area contributed by atoms with Crippen molar-refractivity contribution >= 4 is 11.6 Å². The molecular formula is C20H28O4. The number of ether oxygens (including phenoxy) is 1. The van der Waals surface area contributed by atoms with Gasteiger partial charge in [0.25, 0.3) is 0 Å². The quantitative estimate of drug-likeness (QED) is 0.618. The van der Waals surface area contributed by atoms with Gasteiger partial charge in [0.2, 0.25) is 11.6 Å². The van der Waals surface area contributed by atoms with E-state index >= 15 is 0 Å². The van der Waals surface area contributed by atoms with Crippen molar-refractivity contribution in [3.63, 3.8) is 0 Å². The van der Waals surface area contributed by atoms with Gasteiger partial charge in [0, 0.05) is 35.2 Å². The van der Waals surface area contributed by atoms with E-state index in [9.17, 15) is 14.7 Å². The molecule has 1 fully saturated rings. The Morgan fingerprint density at radius 1 is 1.12 bits per heavy atom. The molecule has 0 aromatic rings. The normalized spacial score (nSPS) is 35.6. The van der Waals surface area contributed by atoms with Crippen LogP contribution in [0.3, 0.4) is 0 Å². The van der Waals surface area contributed by atoms with Crippen molar-refractivity contribution in [3.05, 3.63) is 22.5 Å². The Morgan fingerprint density at radius 2 is 1.75 bits per heavy atom. The molecule has 0 bridgehead atoms. The van der Waals surface area contributed by atoms with Crippen molar-refractivity contribution in [1.29, 1.82) is 0 Å². The topological polar surface area (TPSA) is 63.6 Å². The van der Waals surface area contributed by atoms with Crippen LogP contribution in [0.1, 0.15) is 53.9 Å². The number of rotatable bonds is 2. The SMILES string of the molecule is CO[C@@H]1C2=C(C(=O)C(=O)C(C(C)C)=C2O)[C@@]2(C)CCCC(C)(C)[C@H]12. The number of aliphatic hydroxyl groups excluding tert-OH is 1. The second-order valence-electron chi connectivity index (χ2n) is 8.76. The largest absolute Gasteiger partial charge is 0.507 e. The molecule has 0 saturated heterocycles. The summed E-state index contributed by atoms with van der Waals surface area (Å²) in [7, 11) is 1.63. The third-order valence-corrected chi connectivity index (χ3v) is 6.49. The number of carbonyl (C=O) groups excluding carboxylic acids is 2. The van der Waals surface area contributed by atoms with Gasteiger partial charge in [-0.15, -0.1) is 0 Å². The van der Waals surface area contributed by atoms with Crippen LogP contribution in [0.5, 0.6) is 0 Å². The summed E-state index contributed by atoms with van der Waals surface area (Å²) in [5.74, 6) is -1.10. The van der Waals surface area contributed by atoms with Gasteiger partial charge in [-0.05, 0) is 24.2 Å². The summed E-state index contributed by atoms with van der Waals surface area (Å²) >= 11 is 0. The fourth-order valence-electron chi connectivity index (χ4n) is 5.64. The lowest BCUT2D eigenvalue weighted by molar-refractivity contribution is -0.134. The van der Waals surface area contributed by atoms with E-state index < -0.39 is 17.0 Å². The van der Waals surface area contributed by atoms with Gasteiger partial charge in [0.15, 0.2) is 0 Å². The second kappa shape index (κ2) is 5.29. The predicted molar refractivity (Wildman–Crippen MR) is 91.6 cm³/mol. The Morgan fingerprint density at radius 3 is 2.29 bits per heavy atom. The maximum absolute atomic E-state index is 13.0. The van der Waals surface area contributed by atoms with Crippen molar-refractivity contribution < 1.29 is 19.4 Å². The first-order valence-corrected chi connectivity index (χ1v) is 8.88. The summed E-state index contributed by atoms with van der Waals surface area (Å²) in [6.07, 6.45) is 2.57. The highest BCUT2D eigenvalue weighted by Gasteiger charge is 2.62. The monoisotopic (exact) mass is 332 g/mol. The highest BCUT2D eigenvalue weighted by Crippen LogP contribution is 2.64. The molecule has 0 aromatic heterocycles. The minimum Gasteiger partial charge on any atom is -0.507 e. The average molecular weight is 332 g/mol. The Kier molecular flexibility index (Phi) is 3.83. The molecule has 0 unspecified atom stereocenters. The molecule has 0 spiro atoms. The molecule has 3 rings (SSSR count). The molecule has 3 aliphatic rings. The van der Waals surface area contributed by atoms with Crippen molar-refractivity contribution in [1.82, 2.24) is 0 Å². The zero-order chi connectivity index (χ0) is 18.0. The number of fused-ring (bicyclic) bond motifs is 2. The molecular weight excluding hydrogens is 304 g/mol. The maximum Gasteiger partial charge on any atom is 0.233 e. The molecule has 0 aromatic carbocycles. The van der Waals surface area contributed by atoms with E-state index in [0.717, 1.165) is 19.3 Å². The number of methoxy groups -OCH3 is 1. The lowest BCUT2D eigenvalue weighted by atomic mass is 9.55. The van der Waals surface area contributed by atoms with Gasteiger partial charge < -0.3 is 9.84 Å². The standard InChI is InChI=1S/C20H28O4/c1-10(2)11-14(21)12-13(16(23)15(11)22)20(5)9-7-8-19(3,4)18(20)17(12)24-6/h10,17-18,21H,7-9H2,1-6H3/t17-,18+,20-/m1/s1. The third-order valence-electron chi connectivity index (χ3n) is 6.49. The number of allylic oxidation sites excluding steroid dienone is 2. The van der Waals surface area contributed by atoms with Crippen LogP contribution in [0.2, 0.25) is 0 Å². The van der Waals surface area contributed by atoms with E-state index in [0.29, 0.717) is 11.1 Å². The van der Waals surface area contributed by atoms with E-state index in [1.165, 1.54) is 0 Å². The highest BCUT2D eigenvalue weighted by molar-refractivity contribution is 6.50. The average Bonchev–Trinajstić information content (AvgIpc) is 2.74. The zero-order valence-electron chi connectivity index (χ0n) is 15.5. The van der Waals surface area contributed by atoms with Gasteiger partial charge in [-0.25, -0.2) is 0 Å². The molecule has 3 atom stereocenters. The summed E-state index contributed by atoms with van der Waals surface area (Å²) < 4.78 is 5.82. The molecule has 0 radical (unpaired) electrons. The van der Waals surface area contributed by atoms with Crippen LogP contribution in [0.15, 0.2) is 22.5 Å². The Labute approximate surface area is 144 Å². The van der Waals surface area contributed by atoms with E-state index in [1.807, 2.05) is 13.8 Å². The molecule has 0 amide bonds. The molecule has 0 heterocycles. The molecule has 4 heteroatoms. The minimum atomic E-state index is -0.540. The number of aliphatic hydroxyl groups is 1. The van der Waals surface area contributed by atoms with Gasteiger partial charge in [-0.3, -0.25) is 9.59 Å². The first kappa shape index (κ1) is 17.4. The molecule has 0 aliphatic heterocycles. The molecule has 4 nitrogen and oxygen atoms in total. The van der Waals surface area contributed by atoms with Crippen molar-refractivity contribution in [2.75, 3.05) is 7.11 Å². The van der Waals surface area contributed by atoms with Crippen molar-refractivity contribution in [3.8, 4) is 0 Å². The molecule has 1 saturated carbocycles. The van der Waals surface area contributed by atoms with Gasteiger partial charge in [0.1, 0.15) is 5.76 Å². The predicted octanol–water partition coefficient (Wildman–Crippen LogP) is 3.76. The fourth-order valence-corrected chi connectivity index (χ4v) is 5.64. The highest BCUT2D eigenvalue weighted by atomic mass is 16.5. The number of carbonyl (C=O) groups is 2. The van der Waals surface area contributed by atoms with Gasteiger partial charge >= 0.3 is 0 Å². The third kappa shape index (κ3) is 2.01. The van der Waals surface area contributed by atoms with Crippen LogP contribution in [0.4, 0.5) is 0 Å². The molecule has 132 valence electrons. The number of hydrogen-bond acceptors (Lipinski definition) is 4. The Hall–Kier alpha value is -1.42. The molecule has 24 heavy (non-hydrogen) atoms. The summed E-state index contributed by atoms with van der Waals surface area (Å²) in [4.78, 5) is 25.6. The summed E-state index contributed by atoms with van der Waals surface area (Å²) in [6.45, 7) is 10.1. The van der Waals surface area contributed by atoms with Gasteiger partial charge in [0.05, 0.1) is 6.10 Å². The van der Waals surface area contributed by atoms with Crippen molar-refractivity contribution in [2.45, 2.75) is 60.0 Å². The molecule has 3 aliphatic carbocycles. The van der Waals surface area contributed by atoms with Gasteiger partial charge in [-0.2, -0.15) is 0 Å². The lowest BCUT2D eigenvalue weighted by Gasteiger charge is -2.49. The van der Waals surface area contributed by atoms with E-state index in [-0.39, 0.29) is 34.7 Å². The zero-order valence-corrected chi connectivity index (χ0v) is 15.5. The summed E-state index contributed by atoms with van der Waals surface area (Å²) in [5.41, 5.74) is 0.890. The number of Topliss-reactive ketones (excluding diaryl/α,β-unsaturated/α-hetero) is 2. The van der Waals surface area contributed by atoms with Crippen LogP contribution in [-0.4, -0.2) is 29.9 Å². The van der Waals surface area contributed by atoms with Crippen LogP contribution in [-0.2, 0) is 14.3 Å². The number of hydrogen-bond donors (Lipinski definition) is 1. The first-order chi connectivity index (χ1) is 11.1. The lowest BCUT2D eigenvalue weighted by Crippen LogP contribution is -2.46. The van der Waals surface area contributed by atoms with E-state index in [1.54, 1.807) is 7.11 Å². The van der Waals surface area contributed by atoms with Crippen LogP contribution in [0, 0.1) is 22.7 Å². The van der Waals surface area contributed by atoms with E-state index in [4.69, 9.17) is 4.74 Å². The van der Waals surface area contributed by atoms with Crippen LogP contribution in [0.25, 0.3) is 0 Å². The smallest absolute Gasteiger partial charge is 0.233 e. The maximum atomic E-state index is 13.0. The Bertz CT molecular complexity index is 680. The second-order valence-corrected chi connectivity index (χ2v) is 8.76. The summed E-state index contributed by atoms with van der Waals surface area (Å²) in [6, 6.07) is 0. The Balaban J connectivity index is 2.29. The van der Waals surface area contributed by atoms with E-state index in [2.05, 4.69) is 20.8 Å².